The van der Waals surface area contributed by atoms with E-state index in [0.29, 0.717) is 26.3 Å². The first kappa shape index (κ1) is 13.5. The maximum Gasteiger partial charge on any atom is 0.276 e. The molecule has 2 rings (SSSR count). The normalized spacial score (nSPS) is 21.3. The molecule has 1 saturated heterocycles. The summed E-state index contributed by atoms with van der Waals surface area (Å²) >= 11 is 0. The number of nitrogens with two attached hydrogens (primary N) is 1. The Bertz CT molecular complexity index is 475. The molecule has 1 fully saturated rings. The third-order valence-corrected chi connectivity index (χ3v) is 4.13. The third kappa shape index (κ3) is 3.78. The Morgan fingerprint density at radius 2 is 2.06 bits per heavy atom. The van der Waals surface area contributed by atoms with Crippen molar-refractivity contribution in [1.29, 1.82) is 0 Å². The number of ether oxygens (including phenoxy) is 1. The second-order valence-corrected chi connectivity index (χ2v) is 6.10. The summed E-state index contributed by atoms with van der Waals surface area (Å²) in [6, 6.07) is 9.91. The Morgan fingerprint density at radius 1 is 1.33 bits per heavy atom. The lowest BCUT2D eigenvalue weighted by molar-refractivity contribution is 0.0910. The summed E-state index contributed by atoms with van der Waals surface area (Å²) in [5.41, 5.74) is 1.12. The number of benzene rings is 1. The van der Waals surface area contributed by atoms with Crippen LogP contribution in [0.1, 0.15) is 12.0 Å². The molecule has 1 atom stereocenters. The molecular weight excluding hydrogens is 252 g/mol. The van der Waals surface area contributed by atoms with Crippen LogP contribution in [0.4, 0.5) is 0 Å². The Labute approximate surface area is 108 Å². The topological polar surface area (TPSA) is 72.6 Å². The zero-order valence-electron chi connectivity index (χ0n) is 10.2. The summed E-state index contributed by atoms with van der Waals surface area (Å²) < 4.78 is 29.2. The van der Waals surface area contributed by atoms with Crippen molar-refractivity contribution in [3.8, 4) is 0 Å². The fourth-order valence-electron chi connectivity index (χ4n) is 2.08. The first-order chi connectivity index (χ1) is 8.55. The van der Waals surface area contributed by atoms with Crippen LogP contribution in [-0.4, -0.2) is 32.4 Å². The summed E-state index contributed by atoms with van der Waals surface area (Å²) in [5, 5.41) is 5.08. The zero-order chi connectivity index (χ0) is 13.0. The maximum absolute atomic E-state index is 11.1. The highest BCUT2D eigenvalue weighted by atomic mass is 32.2. The molecule has 6 heteroatoms. The molecule has 0 aliphatic carbocycles. The van der Waals surface area contributed by atoms with Gasteiger partial charge in [-0.2, -0.15) is 12.7 Å². The van der Waals surface area contributed by atoms with Gasteiger partial charge in [0.25, 0.3) is 10.2 Å². The maximum atomic E-state index is 11.1. The van der Waals surface area contributed by atoms with Gasteiger partial charge in [-0.1, -0.05) is 30.3 Å². The molecule has 0 bridgehead atoms. The van der Waals surface area contributed by atoms with Crippen molar-refractivity contribution in [1.82, 2.24) is 4.31 Å². The van der Waals surface area contributed by atoms with Gasteiger partial charge in [0.2, 0.25) is 0 Å². The highest BCUT2D eigenvalue weighted by Gasteiger charge is 2.28. The fourth-order valence-corrected chi connectivity index (χ4v) is 2.86. The molecule has 1 heterocycles. The van der Waals surface area contributed by atoms with Crippen LogP contribution in [0.3, 0.4) is 0 Å². The highest BCUT2D eigenvalue weighted by molar-refractivity contribution is 7.86. The van der Waals surface area contributed by atoms with Gasteiger partial charge < -0.3 is 4.74 Å². The lowest BCUT2D eigenvalue weighted by atomic mass is 10.1. The predicted octanol–water partition coefficient (Wildman–Crippen LogP) is 0.729. The van der Waals surface area contributed by atoms with Gasteiger partial charge in [0, 0.05) is 13.1 Å². The summed E-state index contributed by atoms with van der Waals surface area (Å²) in [7, 11) is -3.53. The van der Waals surface area contributed by atoms with Gasteiger partial charge >= 0.3 is 0 Å². The molecule has 100 valence electrons. The van der Waals surface area contributed by atoms with Crippen molar-refractivity contribution in [3.63, 3.8) is 0 Å². The number of nitrogens with zero attached hydrogens (tertiary/aromatic N) is 1. The molecule has 5 nitrogen and oxygen atoms in total. The lowest BCUT2D eigenvalue weighted by Crippen LogP contribution is -2.35. The van der Waals surface area contributed by atoms with E-state index < -0.39 is 10.2 Å². The van der Waals surface area contributed by atoms with Crippen LogP contribution in [0.15, 0.2) is 30.3 Å². The van der Waals surface area contributed by atoms with Crippen molar-refractivity contribution < 1.29 is 13.2 Å². The van der Waals surface area contributed by atoms with E-state index in [-0.39, 0.29) is 5.92 Å². The van der Waals surface area contributed by atoms with Gasteiger partial charge in [-0.3, -0.25) is 0 Å². The summed E-state index contributed by atoms with van der Waals surface area (Å²) in [4.78, 5) is 0. The van der Waals surface area contributed by atoms with Gasteiger partial charge in [0.05, 0.1) is 13.2 Å². The molecule has 0 spiro atoms. The first-order valence-corrected chi connectivity index (χ1v) is 7.45. The molecule has 0 saturated carbocycles. The summed E-state index contributed by atoms with van der Waals surface area (Å²) in [6.07, 6.45) is 0.811. The Hall–Kier alpha value is -0.950. The molecule has 0 unspecified atom stereocenters. The molecule has 2 N–H and O–H groups in total. The zero-order valence-corrected chi connectivity index (χ0v) is 11.0. The third-order valence-electron chi connectivity index (χ3n) is 3.07. The van der Waals surface area contributed by atoms with Crippen LogP contribution in [0.5, 0.6) is 0 Å². The van der Waals surface area contributed by atoms with Gasteiger partial charge in [0.1, 0.15) is 0 Å². The van der Waals surface area contributed by atoms with Gasteiger partial charge in [-0.15, -0.1) is 0 Å². The van der Waals surface area contributed by atoms with Crippen molar-refractivity contribution in [2.24, 2.45) is 11.1 Å². The monoisotopic (exact) mass is 270 g/mol. The molecule has 1 aromatic rings. The quantitative estimate of drug-likeness (QED) is 0.857. The molecule has 0 amide bonds. The van der Waals surface area contributed by atoms with E-state index in [4.69, 9.17) is 9.88 Å². The van der Waals surface area contributed by atoms with Crippen LogP contribution in [0, 0.1) is 5.92 Å². The predicted molar refractivity (Wildman–Crippen MR) is 68.9 cm³/mol. The Kier molecular flexibility index (Phi) is 4.34. The molecule has 0 radical (unpaired) electrons. The van der Waals surface area contributed by atoms with E-state index in [0.717, 1.165) is 12.0 Å². The van der Waals surface area contributed by atoms with Crippen molar-refractivity contribution in [2.75, 3.05) is 19.7 Å². The van der Waals surface area contributed by atoms with Crippen LogP contribution >= 0.6 is 0 Å². The minimum absolute atomic E-state index is 0.243. The highest BCUT2D eigenvalue weighted by Crippen LogP contribution is 2.18. The first-order valence-electron chi connectivity index (χ1n) is 5.95. The SMILES string of the molecule is NS(=O)(=O)N1CC[C@@H](COCc2ccccc2)C1. The number of hydrogen-bond acceptors (Lipinski definition) is 3. The van der Waals surface area contributed by atoms with Crippen molar-refractivity contribution in [3.05, 3.63) is 35.9 Å². The van der Waals surface area contributed by atoms with Crippen LogP contribution in [0.25, 0.3) is 0 Å². The fraction of sp³-hybridized carbons (Fsp3) is 0.500. The van der Waals surface area contributed by atoms with E-state index in [1.165, 1.54) is 4.31 Å². The molecule has 1 aliphatic rings. The van der Waals surface area contributed by atoms with E-state index in [2.05, 4.69) is 0 Å². The minimum Gasteiger partial charge on any atom is -0.376 e. The molecule has 1 aromatic carbocycles. The van der Waals surface area contributed by atoms with Crippen LogP contribution in [-0.2, 0) is 21.6 Å². The number of hydrogen-bond donors (Lipinski definition) is 1. The van der Waals surface area contributed by atoms with Gasteiger partial charge in [-0.25, -0.2) is 5.14 Å². The van der Waals surface area contributed by atoms with Crippen molar-refractivity contribution >= 4 is 10.2 Å². The van der Waals surface area contributed by atoms with Crippen LogP contribution in [0.2, 0.25) is 0 Å². The average Bonchev–Trinajstić information content (AvgIpc) is 2.79. The smallest absolute Gasteiger partial charge is 0.276 e. The molecular formula is C12H18N2O3S. The largest absolute Gasteiger partial charge is 0.376 e. The molecule has 1 aliphatic heterocycles. The summed E-state index contributed by atoms with van der Waals surface area (Å²) in [5.74, 6) is 0.243. The van der Waals surface area contributed by atoms with E-state index in [1.54, 1.807) is 0 Å². The molecule has 18 heavy (non-hydrogen) atoms. The van der Waals surface area contributed by atoms with E-state index in [1.807, 2.05) is 30.3 Å². The van der Waals surface area contributed by atoms with Crippen molar-refractivity contribution in [2.45, 2.75) is 13.0 Å². The van der Waals surface area contributed by atoms with Crippen LogP contribution < -0.4 is 5.14 Å². The average molecular weight is 270 g/mol. The van der Waals surface area contributed by atoms with E-state index in [9.17, 15) is 8.42 Å². The lowest BCUT2D eigenvalue weighted by Gasteiger charge is -2.13. The molecule has 0 aromatic heterocycles. The minimum atomic E-state index is -3.53. The second kappa shape index (κ2) is 5.79. The standard InChI is InChI=1S/C12H18N2O3S/c13-18(15,16)14-7-6-12(8-14)10-17-9-11-4-2-1-3-5-11/h1-5,12H,6-10H2,(H2,13,15,16)/t12-/m1/s1. The Morgan fingerprint density at radius 3 is 2.67 bits per heavy atom. The van der Waals surface area contributed by atoms with E-state index >= 15 is 0 Å². The van der Waals surface area contributed by atoms with Gasteiger partial charge in [0.15, 0.2) is 0 Å². The Balaban J connectivity index is 1.73. The summed E-state index contributed by atoms with van der Waals surface area (Å²) in [6.45, 7) is 2.10. The number of rotatable bonds is 5. The second-order valence-electron chi connectivity index (χ2n) is 4.56. The van der Waals surface area contributed by atoms with Gasteiger partial charge in [-0.05, 0) is 17.9 Å².